The standard InChI is InChI=1S/C23H20F3NO2.C2H6/c1-14-2-4-15(5-3-14)16-6-8-17(9-7-16)21(25)22(26)23(28)29-19-11-10-18(13-27)20(24)12-19;1-2/h6-12,14-15H,2-5H2,1H3;1-2H3/b22-21+;. The van der Waals surface area contributed by atoms with Crippen LogP contribution < -0.4 is 4.74 Å². The summed E-state index contributed by atoms with van der Waals surface area (Å²) in [4.78, 5) is 11.9. The van der Waals surface area contributed by atoms with Crippen LogP contribution in [0.1, 0.15) is 69.1 Å². The molecule has 6 heteroatoms. The van der Waals surface area contributed by atoms with E-state index in [9.17, 15) is 18.0 Å². The second kappa shape index (κ2) is 11.4. The van der Waals surface area contributed by atoms with Crippen molar-refractivity contribution in [3.05, 3.63) is 70.8 Å². The third kappa shape index (κ3) is 6.21. The number of esters is 1. The van der Waals surface area contributed by atoms with E-state index in [4.69, 9.17) is 5.26 Å². The molecule has 3 rings (SSSR count). The largest absolute Gasteiger partial charge is 0.421 e. The fourth-order valence-electron chi connectivity index (χ4n) is 3.51. The predicted octanol–water partition coefficient (Wildman–Crippen LogP) is 7.23. The van der Waals surface area contributed by atoms with Crippen LogP contribution in [0, 0.1) is 23.1 Å². The van der Waals surface area contributed by atoms with Crippen LogP contribution in [0.4, 0.5) is 13.2 Å². The fourth-order valence-corrected chi connectivity index (χ4v) is 3.51. The second-order valence-corrected chi connectivity index (χ2v) is 7.35. The van der Waals surface area contributed by atoms with Gasteiger partial charge in [-0.05, 0) is 42.4 Å². The Morgan fingerprint density at radius 3 is 2.19 bits per heavy atom. The summed E-state index contributed by atoms with van der Waals surface area (Å²) in [5.74, 6) is -4.73. The molecule has 0 aromatic heterocycles. The predicted molar refractivity (Wildman–Crippen MR) is 114 cm³/mol. The number of benzene rings is 2. The van der Waals surface area contributed by atoms with Gasteiger partial charge in [0.15, 0.2) is 5.83 Å². The highest BCUT2D eigenvalue weighted by Crippen LogP contribution is 2.36. The molecule has 0 radical (unpaired) electrons. The molecular formula is C25H26F3NO2. The van der Waals surface area contributed by atoms with Gasteiger partial charge in [-0.2, -0.15) is 9.65 Å². The second-order valence-electron chi connectivity index (χ2n) is 7.35. The van der Waals surface area contributed by atoms with Crippen molar-refractivity contribution in [2.24, 2.45) is 5.92 Å². The van der Waals surface area contributed by atoms with Crippen molar-refractivity contribution in [1.82, 2.24) is 0 Å². The summed E-state index contributed by atoms with van der Waals surface area (Å²) in [5.41, 5.74) is 0.752. The molecule has 0 aliphatic heterocycles. The average molecular weight is 429 g/mol. The molecule has 0 N–H and O–H groups in total. The Bertz CT molecular complexity index is 969. The zero-order chi connectivity index (χ0) is 23.0. The summed E-state index contributed by atoms with van der Waals surface area (Å²) >= 11 is 0. The van der Waals surface area contributed by atoms with Crippen LogP contribution in [-0.2, 0) is 4.79 Å². The monoisotopic (exact) mass is 429 g/mol. The Balaban J connectivity index is 0.00000166. The van der Waals surface area contributed by atoms with Crippen LogP contribution in [0.15, 0.2) is 48.3 Å². The molecule has 1 fully saturated rings. The van der Waals surface area contributed by atoms with Gasteiger partial charge in [0.25, 0.3) is 0 Å². The number of carbonyl (C=O) groups excluding carboxylic acids is 1. The van der Waals surface area contributed by atoms with Crippen LogP contribution in [-0.4, -0.2) is 5.97 Å². The lowest BCUT2D eigenvalue weighted by atomic mass is 9.79. The molecule has 0 saturated heterocycles. The van der Waals surface area contributed by atoms with Crippen molar-refractivity contribution >= 4 is 11.8 Å². The zero-order valence-corrected chi connectivity index (χ0v) is 17.9. The molecule has 0 spiro atoms. The zero-order valence-electron chi connectivity index (χ0n) is 17.9. The third-order valence-corrected chi connectivity index (χ3v) is 5.29. The Morgan fingerprint density at radius 2 is 1.65 bits per heavy atom. The molecule has 0 bridgehead atoms. The number of carbonyl (C=O) groups is 1. The van der Waals surface area contributed by atoms with E-state index in [-0.39, 0.29) is 16.9 Å². The van der Waals surface area contributed by atoms with Gasteiger partial charge in [0.1, 0.15) is 17.6 Å². The highest BCUT2D eigenvalue weighted by molar-refractivity contribution is 5.94. The number of halogens is 3. The van der Waals surface area contributed by atoms with Crippen LogP contribution in [0.5, 0.6) is 5.75 Å². The molecule has 1 aliphatic carbocycles. The quantitative estimate of drug-likeness (QED) is 0.293. The van der Waals surface area contributed by atoms with Crippen molar-refractivity contribution in [2.75, 3.05) is 0 Å². The van der Waals surface area contributed by atoms with Crippen molar-refractivity contribution < 1.29 is 22.7 Å². The number of hydrogen-bond acceptors (Lipinski definition) is 3. The van der Waals surface area contributed by atoms with E-state index >= 15 is 0 Å². The lowest BCUT2D eigenvalue weighted by molar-refractivity contribution is -0.131. The highest BCUT2D eigenvalue weighted by atomic mass is 19.2. The van der Waals surface area contributed by atoms with Crippen molar-refractivity contribution in [3.8, 4) is 11.8 Å². The first-order chi connectivity index (χ1) is 14.9. The Morgan fingerprint density at radius 1 is 1.03 bits per heavy atom. The van der Waals surface area contributed by atoms with Gasteiger partial charge >= 0.3 is 5.97 Å². The molecule has 1 saturated carbocycles. The minimum atomic E-state index is -1.70. The summed E-state index contributed by atoms with van der Waals surface area (Å²) in [7, 11) is 0. The van der Waals surface area contributed by atoms with Crippen LogP contribution in [0.2, 0.25) is 0 Å². The number of nitriles is 1. The SMILES string of the molecule is CC.CC1CCC(c2ccc(/C(F)=C(\F)C(=O)Oc3ccc(C#N)c(F)c3)cc2)CC1. The molecule has 2 aromatic carbocycles. The summed E-state index contributed by atoms with van der Waals surface area (Å²) in [5, 5.41) is 8.68. The molecule has 164 valence electrons. The van der Waals surface area contributed by atoms with Crippen LogP contribution in [0.25, 0.3) is 5.83 Å². The molecule has 0 heterocycles. The van der Waals surface area contributed by atoms with Gasteiger partial charge in [0.2, 0.25) is 5.83 Å². The van der Waals surface area contributed by atoms with E-state index in [0.29, 0.717) is 5.92 Å². The smallest absolute Gasteiger partial charge is 0.375 e. The van der Waals surface area contributed by atoms with E-state index in [1.807, 2.05) is 13.8 Å². The minimum absolute atomic E-state index is 0.0709. The lowest BCUT2D eigenvalue weighted by Gasteiger charge is -2.26. The molecule has 2 aromatic rings. The van der Waals surface area contributed by atoms with Crippen LogP contribution >= 0.6 is 0 Å². The van der Waals surface area contributed by atoms with Gasteiger partial charge < -0.3 is 4.74 Å². The molecule has 3 nitrogen and oxygen atoms in total. The fraction of sp³-hybridized carbons (Fsp3) is 0.360. The first-order valence-corrected chi connectivity index (χ1v) is 10.5. The number of rotatable bonds is 4. The highest BCUT2D eigenvalue weighted by Gasteiger charge is 2.22. The summed E-state index contributed by atoms with van der Waals surface area (Å²) in [6.07, 6.45) is 4.44. The Labute approximate surface area is 181 Å². The molecule has 0 atom stereocenters. The summed E-state index contributed by atoms with van der Waals surface area (Å²) in [6.45, 7) is 6.23. The average Bonchev–Trinajstić information content (AvgIpc) is 2.80. The van der Waals surface area contributed by atoms with Crippen molar-refractivity contribution in [3.63, 3.8) is 0 Å². The van der Waals surface area contributed by atoms with E-state index in [0.717, 1.165) is 55.4 Å². The topological polar surface area (TPSA) is 50.1 Å². The lowest BCUT2D eigenvalue weighted by Crippen LogP contribution is -2.11. The van der Waals surface area contributed by atoms with Crippen molar-refractivity contribution in [2.45, 2.75) is 52.4 Å². The maximum atomic E-state index is 14.4. The van der Waals surface area contributed by atoms with E-state index in [1.54, 1.807) is 18.2 Å². The number of hydrogen-bond donors (Lipinski definition) is 0. The number of ether oxygens (including phenoxy) is 1. The molecule has 1 aliphatic rings. The third-order valence-electron chi connectivity index (χ3n) is 5.29. The normalized spacial score (nSPS) is 18.7. The van der Waals surface area contributed by atoms with E-state index in [1.165, 1.54) is 12.1 Å². The maximum absolute atomic E-state index is 14.4. The van der Waals surface area contributed by atoms with Gasteiger partial charge in [-0.15, -0.1) is 0 Å². The molecular weight excluding hydrogens is 403 g/mol. The summed E-state index contributed by atoms with van der Waals surface area (Å²) < 4.78 is 46.8. The summed E-state index contributed by atoms with van der Waals surface area (Å²) in [6, 6.07) is 11.0. The van der Waals surface area contributed by atoms with E-state index in [2.05, 4.69) is 11.7 Å². The van der Waals surface area contributed by atoms with Gasteiger partial charge in [-0.25, -0.2) is 13.6 Å². The first-order valence-electron chi connectivity index (χ1n) is 10.5. The minimum Gasteiger partial charge on any atom is -0.421 e. The Hall–Kier alpha value is -3.07. The van der Waals surface area contributed by atoms with E-state index < -0.39 is 23.4 Å². The van der Waals surface area contributed by atoms with Gasteiger partial charge in [0, 0.05) is 11.6 Å². The van der Waals surface area contributed by atoms with Gasteiger partial charge in [0.05, 0.1) is 5.56 Å². The maximum Gasteiger partial charge on any atom is 0.375 e. The molecule has 0 amide bonds. The number of nitrogens with zero attached hydrogens (tertiary/aromatic N) is 1. The first kappa shape index (κ1) is 24.2. The van der Waals surface area contributed by atoms with Gasteiger partial charge in [-0.3, -0.25) is 0 Å². The molecule has 31 heavy (non-hydrogen) atoms. The van der Waals surface area contributed by atoms with Crippen molar-refractivity contribution in [1.29, 1.82) is 5.26 Å². The molecule has 0 unspecified atom stereocenters. The van der Waals surface area contributed by atoms with Gasteiger partial charge in [-0.1, -0.05) is 57.9 Å². The Kier molecular flexibility index (Phi) is 8.87. The van der Waals surface area contributed by atoms with Crippen LogP contribution in [0.3, 0.4) is 0 Å².